The molecule has 0 radical (unpaired) electrons. The van der Waals surface area contributed by atoms with Crippen LogP contribution in [0.2, 0.25) is 0 Å². The normalized spacial score (nSPS) is 29.6. The van der Waals surface area contributed by atoms with Gasteiger partial charge in [-0.05, 0) is 18.6 Å². The number of nitrogens with zero attached hydrogens (tertiary/aromatic N) is 1. The molecule has 5 heteroatoms. The minimum absolute atomic E-state index is 0.126. The number of methoxy groups -OCH3 is 1. The fraction of sp³-hybridized carbons (Fsp3) is 0.500. The van der Waals surface area contributed by atoms with Crippen LogP contribution in [0.3, 0.4) is 0 Å². The Balaban J connectivity index is 1.94. The second kappa shape index (κ2) is 3.63. The number of para-hydroxylation sites is 2. The fourth-order valence-corrected chi connectivity index (χ4v) is 4.89. The summed E-state index contributed by atoms with van der Waals surface area (Å²) >= 11 is 0. The Bertz CT molecular complexity index is 540. The van der Waals surface area contributed by atoms with E-state index in [0.717, 1.165) is 17.9 Å². The number of rotatable bonds is 2. The summed E-state index contributed by atoms with van der Waals surface area (Å²) in [5, 5.41) is -0.183. The number of benzene rings is 1. The van der Waals surface area contributed by atoms with E-state index in [9.17, 15) is 8.42 Å². The van der Waals surface area contributed by atoms with Gasteiger partial charge in [0.15, 0.2) is 9.84 Å². The van der Waals surface area contributed by atoms with Gasteiger partial charge in [-0.25, -0.2) is 8.42 Å². The minimum Gasteiger partial charge on any atom is -0.495 e. The molecule has 1 aromatic rings. The quantitative estimate of drug-likeness (QED) is 0.791. The van der Waals surface area contributed by atoms with Crippen molar-refractivity contribution in [2.75, 3.05) is 24.3 Å². The fourth-order valence-electron chi connectivity index (χ4n) is 2.86. The van der Waals surface area contributed by atoms with Crippen molar-refractivity contribution in [2.45, 2.75) is 17.7 Å². The summed E-state index contributed by atoms with van der Waals surface area (Å²) in [4.78, 5) is 2.17. The molecule has 0 amide bonds. The van der Waals surface area contributed by atoms with Crippen LogP contribution in [0.1, 0.15) is 6.42 Å². The van der Waals surface area contributed by atoms with Gasteiger partial charge in [0.1, 0.15) is 5.75 Å². The van der Waals surface area contributed by atoms with Gasteiger partial charge in [0.05, 0.1) is 23.8 Å². The molecule has 92 valence electrons. The third kappa shape index (κ3) is 1.60. The maximum Gasteiger partial charge on any atom is 0.156 e. The first-order chi connectivity index (χ1) is 8.12. The zero-order valence-electron chi connectivity index (χ0n) is 9.67. The van der Waals surface area contributed by atoms with Crippen molar-refractivity contribution in [3.8, 4) is 5.75 Å². The van der Waals surface area contributed by atoms with Gasteiger partial charge < -0.3 is 9.64 Å². The largest absolute Gasteiger partial charge is 0.495 e. The maximum absolute atomic E-state index is 11.7. The molecule has 3 rings (SSSR count). The van der Waals surface area contributed by atoms with E-state index in [-0.39, 0.29) is 17.0 Å². The molecule has 0 N–H and O–H groups in total. The summed E-state index contributed by atoms with van der Waals surface area (Å²) < 4.78 is 28.7. The predicted octanol–water partition coefficient (Wildman–Crippen LogP) is 1.07. The van der Waals surface area contributed by atoms with Crippen molar-refractivity contribution in [3.63, 3.8) is 0 Å². The summed E-state index contributed by atoms with van der Waals surface area (Å²) in [6, 6.07) is 7.91. The summed E-state index contributed by atoms with van der Waals surface area (Å²) in [6.45, 7) is 0.605. The van der Waals surface area contributed by atoms with Crippen molar-refractivity contribution in [1.82, 2.24) is 0 Å². The van der Waals surface area contributed by atoms with Gasteiger partial charge in [-0.3, -0.25) is 0 Å². The second-order valence-corrected chi connectivity index (χ2v) is 6.99. The van der Waals surface area contributed by atoms with E-state index in [4.69, 9.17) is 4.74 Å². The summed E-state index contributed by atoms with van der Waals surface area (Å²) in [5.41, 5.74) is 1.01. The van der Waals surface area contributed by atoms with Gasteiger partial charge in [-0.15, -0.1) is 0 Å². The third-order valence-electron chi connectivity index (χ3n) is 3.70. The van der Waals surface area contributed by atoms with Crippen molar-refractivity contribution in [1.29, 1.82) is 0 Å². The average Bonchev–Trinajstić information content (AvgIpc) is 2.84. The van der Waals surface area contributed by atoms with Gasteiger partial charge in [-0.1, -0.05) is 12.1 Å². The Labute approximate surface area is 101 Å². The molecule has 2 fully saturated rings. The topological polar surface area (TPSA) is 46.6 Å². The van der Waals surface area contributed by atoms with Gasteiger partial charge in [0, 0.05) is 12.6 Å². The Hall–Kier alpha value is -1.23. The molecule has 17 heavy (non-hydrogen) atoms. The highest BCUT2D eigenvalue weighted by atomic mass is 32.2. The molecule has 0 saturated carbocycles. The van der Waals surface area contributed by atoms with E-state index in [2.05, 4.69) is 4.90 Å². The van der Waals surface area contributed by atoms with Crippen LogP contribution < -0.4 is 9.64 Å². The zero-order chi connectivity index (χ0) is 12.0. The number of fused-ring (bicyclic) bond motifs is 2. The molecule has 2 saturated heterocycles. The maximum atomic E-state index is 11.7. The van der Waals surface area contributed by atoms with Crippen LogP contribution in [0.5, 0.6) is 5.75 Å². The Morgan fingerprint density at radius 3 is 2.71 bits per heavy atom. The van der Waals surface area contributed by atoms with Crippen molar-refractivity contribution < 1.29 is 13.2 Å². The van der Waals surface area contributed by atoms with E-state index in [1.54, 1.807) is 7.11 Å². The lowest BCUT2D eigenvalue weighted by atomic mass is 10.2. The van der Waals surface area contributed by atoms with Crippen LogP contribution in [-0.4, -0.2) is 39.1 Å². The van der Waals surface area contributed by atoms with Gasteiger partial charge in [0.25, 0.3) is 0 Å². The van der Waals surface area contributed by atoms with Crippen LogP contribution in [-0.2, 0) is 9.84 Å². The average molecular weight is 253 g/mol. The van der Waals surface area contributed by atoms with Crippen LogP contribution in [0.25, 0.3) is 0 Å². The van der Waals surface area contributed by atoms with Crippen molar-refractivity contribution in [3.05, 3.63) is 24.3 Å². The Kier molecular flexibility index (Phi) is 2.33. The standard InChI is InChI=1S/C12H15NO3S/c1-16-12-5-3-2-4-11(12)13-7-10-6-9(13)8-17(10,14)15/h2-5,9-10H,6-8H2,1H3. The molecule has 4 nitrogen and oxygen atoms in total. The number of anilines is 1. The Morgan fingerprint density at radius 2 is 2.12 bits per heavy atom. The number of sulfone groups is 1. The van der Waals surface area contributed by atoms with E-state index in [0.29, 0.717) is 6.54 Å². The lowest BCUT2D eigenvalue weighted by molar-refractivity contribution is 0.414. The SMILES string of the molecule is COc1ccccc1N1CC2CC1CS2(=O)=O. The van der Waals surface area contributed by atoms with Gasteiger partial charge >= 0.3 is 0 Å². The van der Waals surface area contributed by atoms with Crippen molar-refractivity contribution >= 4 is 15.5 Å². The first-order valence-electron chi connectivity index (χ1n) is 5.73. The van der Waals surface area contributed by atoms with Gasteiger partial charge in [0.2, 0.25) is 0 Å². The molecule has 2 aliphatic rings. The van der Waals surface area contributed by atoms with Gasteiger partial charge in [-0.2, -0.15) is 0 Å². The van der Waals surface area contributed by atoms with Crippen molar-refractivity contribution in [2.24, 2.45) is 0 Å². The summed E-state index contributed by atoms with van der Waals surface area (Å²) in [5.74, 6) is 1.10. The van der Waals surface area contributed by atoms with Crippen LogP contribution >= 0.6 is 0 Å². The number of hydrogen-bond acceptors (Lipinski definition) is 4. The zero-order valence-corrected chi connectivity index (χ0v) is 10.5. The number of hydrogen-bond donors (Lipinski definition) is 0. The highest BCUT2D eigenvalue weighted by Crippen LogP contribution is 2.39. The van der Waals surface area contributed by atoms with E-state index in [1.165, 1.54) is 0 Å². The predicted molar refractivity (Wildman–Crippen MR) is 66.3 cm³/mol. The molecule has 2 aliphatic heterocycles. The Morgan fingerprint density at radius 1 is 1.35 bits per heavy atom. The molecule has 2 unspecified atom stereocenters. The lowest BCUT2D eigenvalue weighted by Crippen LogP contribution is -2.40. The first-order valence-corrected chi connectivity index (χ1v) is 7.44. The highest BCUT2D eigenvalue weighted by Gasteiger charge is 2.48. The molecular weight excluding hydrogens is 238 g/mol. The molecular formula is C12H15NO3S. The number of ether oxygens (including phenoxy) is 1. The lowest BCUT2D eigenvalue weighted by Gasteiger charge is -2.30. The summed E-state index contributed by atoms with van der Waals surface area (Å²) in [6.07, 6.45) is 0.764. The second-order valence-electron chi connectivity index (χ2n) is 4.67. The third-order valence-corrected chi connectivity index (χ3v) is 5.91. The molecule has 2 atom stereocenters. The van der Waals surface area contributed by atoms with Crippen LogP contribution in [0.4, 0.5) is 5.69 Å². The molecule has 0 aliphatic carbocycles. The van der Waals surface area contributed by atoms with E-state index in [1.807, 2.05) is 24.3 Å². The molecule has 2 heterocycles. The van der Waals surface area contributed by atoms with E-state index >= 15 is 0 Å². The summed E-state index contributed by atoms with van der Waals surface area (Å²) in [7, 11) is -1.19. The minimum atomic E-state index is -2.83. The molecule has 0 spiro atoms. The molecule has 1 aromatic carbocycles. The van der Waals surface area contributed by atoms with Crippen LogP contribution in [0, 0.1) is 0 Å². The smallest absolute Gasteiger partial charge is 0.156 e. The van der Waals surface area contributed by atoms with E-state index < -0.39 is 9.84 Å². The molecule has 0 aromatic heterocycles. The molecule has 2 bridgehead atoms. The first kappa shape index (κ1) is 10.9. The highest BCUT2D eigenvalue weighted by molar-refractivity contribution is 7.92. The van der Waals surface area contributed by atoms with Crippen LogP contribution in [0.15, 0.2) is 24.3 Å². The monoisotopic (exact) mass is 253 g/mol.